The van der Waals surface area contributed by atoms with E-state index >= 15 is 0 Å². The number of carbonyl (C=O) groups is 1. The summed E-state index contributed by atoms with van der Waals surface area (Å²) in [5, 5.41) is 14.6. The van der Waals surface area contributed by atoms with Gasteiger partial charge in [-0.05, 0) is 57.7 Å². The highest BCUT2D eigenvalue weighted by Crippen LogP contribution is 2.34. The molecule has 0 saturated heterocycles. The van der Waals surface area contributed by atoms with Crippen LogP contribution in [0.25, 0.3) is 5.57 Å². The molecule has 0 radical (unpaired) electrons. The molecule has 4 nitrogen and oxygen atoms in total. The number of benzene rings is 2. The third-order valence-electron chi connectivity index (χ3n) is 4.49. The van der Waals surface area contributed by atoms with Crippen molar-refractivity contribution in [2.45, 2.75) is 45.6 Å². The molecule has 2 aromatic carbocycles. The number of aliphatic hydroxyl groups excluding tert-OH is 1. The Hall–Kier alpha value is -3.01. The number of ether oxygens (including phenoxy) is 1. The Morgan fingerprint density at radius 3 is 2.18 bits per heavy atom. The molecule has 0 atom stereocenters. The van der Waals surface area contributed by atoms with Crippen LogP contribution < -0.4 is 10.1 Å². The van der Waals surface area contributed by atoms with Crippen molar-refractivity contribution in [2.75, 3.05) is 0 Å². The van der Waals surface area contributed by atoms with E-state index in [-0.39, 0.29) is 16.9 Å². The lowest BCUT2D eigenvalue weighted by atomic mass is 9.99. The van der Waals surface area contributed by atoms with Crippen LogP contribution in [0, 0.1) is 0 Å². The molecule has 0 heterocycles. The second-order valence-corrected chi connectivity index (χ2v) is 7.98. The predicted octanol–water partition coefficient (Wildman–Crippen LogP) is 5.39. The number of hydrogen-bond donors (Lipinski definition) is 2. The molecule has 3 rings (SSSR count). The summed E-state index contributed by atoms with van der Waals surface area (Å²) < 4.78 is 5.55. The predicted molar refractivity (Wildman–Crippen MR) is 112 cm³/mol. The van der Waals surface area contributed by atoms with Gasteiger partial charge < -0.3 is 15.2 Å². The van der Waals surface area contributed by atoms with Gasteiger partial charge in [0.2, 0.25) is 0 Å². The molecular formula is C24H27NO3. The van der Waals surface area contributed by atoms with Gasteiger partial charge in [-0.2, -0.15) is 0 Å². The maximum atomic E-state index is 13.0. The summed E-state index contributed by atoms with van der Waals surface area (Å²) in [6.07, 6.45) is 2.51. The standard InChI is InChI=1S/C24H27NO3/c1-24(2,3)25-20-16-10-15-19(20)22(26)21(17-11-6-4-7-12-17)23(27)28-18-13-8-5-9-14-18/h4-9,11-14,25-26H,10,15-16H2,1-3H3/b22-21+. The van der Waals surface area contributed by atoms with Gasteiger partial charge in [-0.3, -0.25) is 0 Å². The van der Waals surface area contributed by atoms with E-state index in [1.165, 1.54) is 0 Å². The zero-order valence-electron chi connectivity index (χ0n) is 16.7. The number of aliphatic hydroxyl groups is 1. The van der Waals surface area contributed by atoms with Gasteiger partial charge in [0, 0.05) is 16.8 Å². The molecule has 1 aliphatic rings. The van der Waals surface area contributed by atoms with Crippen LogP contribution in [0.15, 0.2) is 77.7 Å². The van der Waals surface area contributed by atoms with E-state index in [0.29, 0.717) is 11.3 Å². The Morgan fingerprint density at radius 2 is 1.57 bits per heavy atom. The summed E-state index contributed by atoms with van der Waals surface area (Å²) in [6.45, 7) is 6.25. The van der Waals surface area contributed by atoms with Crippen LogP contribution in [0.1, 0.15) is 45.6 Å². The molecule has 0 amide bonds. The van der Waals surface area contributed by atoms with E-state index in [1.54, 1.807) is 24.3 Å². The fourth-order valence-electron chi connectivity index (χ4n) is 3.35. The molecule has 0 aliphatic heterocycles. The summed E-state index contributed by atoms with van der Waals surface area (Å²) in [4.78, 5) is 13.0. The Kier molecular flexibility index (Phi) is 5.88. The van der Waals surface area contributed by atoms with E-state index in [1.807, 2.05) is 36.4 Å². The van der Waals surface area contributed by atoms with Crippen molar-refractivity contribution in [2.24, 2.45) is 0 Å². The average molecular weight is 377 g/mol. The molecule has 2 N–H and O–H groups in total. The number of rotatable bonds is 5. The fourth-order valence-corrected chi connectivity index (χ4v) is 3.35. The number of hydrogen-bond acceptors (Lipinski definition) is 4. The molecule has 28 heavy (non-hydrogen) atoms. The van der Waals surface area contributed by atoms with Crippen molar-refractivity contribution < 1.29 is 14.6 Å². The molecule has 0 fully saturated rings. The van der Waals surface area contributed by atoms with Crippen molar-refractivity contribution in [3.05, 3.63) is 83.3 Å². The van der Waals surface area contributed by atoms with Gasteiger partial charge in [-0.25, -0.2) is 4.79 Å². The van der Waals surface area contributed by atoms with Crippen LogP contribution in [0.2, 0.25) is 0 Å². The minimum absolute atomic E-state index is 0.00335. The third-order valence-corrected chi connectivity index (χ3v) is 4.49. The van der Waals surface area contributed by atoms with Gasteiger partial charge >= 0.3 is 5.97 Å². The highest BCUT2D eigenvalue weighted by atomic mass is 16.5. The summed E-state index contributed by atoms with van der Waals surface area (Å²) in [5.74, 6) is -0.122. The molecule has 0 aromatic heterocycles. The minimum atomic E-state index is -0.565. The Bertz CT molecular complexity index is 890. The van der Waals surface area contributed by atoms with E-state index in [0.717, 1.165) is 30.5 Å². The van der Waals surface area contributed by atoms with Gasteiger partial charge in [0.15, 0.2) is 0 Å². The maximum Gasteiger partial charge on any atom is 0.347 e. The number of nitrogens with one attached hydrogen (secondary N) is 1. The molecule has 4 heteroatoms. The van der Waals surface area contributed by atoms with Gasteiger partial charge in [0.1, 0.15) is 17.1 Å². The van der Waals surface area contributed by atoms with E-state index < -0.39 is 5.97 Å². The molecular weight excluding hydrogens is 350 g/mol. The van der Waals surface area contributed by atoms with Crippen molar-refractivity contribution in [3.8, 4) is 5.75 Å². The van der Waals surface area contributed by atoms with E-state index in [9.17, 15) is 9.90 Å². The molecule has 0 unspecified atom stereocenters. The average Bonchev–Trinajstić information content (AvgIpc) is 3.10. The van der Waals surface area contributed by atoms with Crippen molar-refractivity contribution in [3.63, 3.8) is 0 Å². The SMILES string of the molecule is CC(C)(C)NC1=C(/C(O)=C(\C(=O)Oc2ccccc2)c2ccccc2)CCC1. The first kappa shape index (κ1) is 19.7. The highest BCUT2D eigenvalue weighted by Gasteiger charge is 2.27. The van der Waals surface area contributed by atoms with Gasteiger partial charge in [0.05, 0.1) is 0 Å². The van der Waals surface area contributed by atoms with Gasteiger partial charge in [-0.1, -0.05) is 48.5 Å². The van der Waals surface area contributed by atoms with Crippen LogP contribution in [0.4, 0.5) is 0 Å². The van der Waals surface area contributed by atoms with Crippen LogP contribution in [-0.2, 0) is 4.79 Å². The van der Waals surface area contributed by atoms with Gasteiger partial charge in [-0.15, -0.1) is 0 Å². The van der Waals surface area contributed by atoms with Crippen LogP contribution >= 0.6 is 0 Å². The van der Waals surface area contributed by atoms with Crippen molar-refractivity contribution >= 4 is 11.5 Å². The van der Waals surface area contributed by atoms with Crippen LogP contribution in [-0.4, -0.2) is 16.6 Å². The lowest BCUT2D eigenvalue weighted by Crippen LogP contribution is -2.35. The monoisotopic (exact) mass is 377 g/mol. The quantitative estimate of drug-likeness (QED) is 0.318. The third kappa shape index (κ3) is 4.83. The zero-order valence-corrected chi connectivity index (χ0v) is 16.7. The van der Waals surface area contributed by atoms with Gasteiger partial charge in [0.25, 0.3) is 0 Å². The number of allylic oxidation sites excluding steroid dienone is 2. The minimum Gasteiger partial charge on any atom is -0.507 e. The topological polar surface area (TPSA) is 58.6 Å². The van der Waals surface area contributed by atoms with Crippen LogP contribution in [0.3, 0.4) is 0 Å². The molecule has 0 spiro atoms. The Morgan fingerprint density at radius 1 is 0.964 bits per heavy atom. The van der Waals surface area contributed by atoms with E-state index in [2.05, 4.69) is 26.1 Å². The number of carbonyl (C=O) groups excluding carboxylic acids is 1. The first-order chi connectivity index (χ1) is 13.3. The fraction of sp³-hybridized carbons (Fsp3) is 0.292. The zero-order chi connectivity index (χ0) is 20.1. The summed E-state index contributed by atoms with van der Waals surface area (Å²) in [6, 6.07) is 18.1. The second-order valence-electron chi connectivity index (χ2n) is 7.98. The maximum absolute atomic E-state index is 13.0. The lowest BCUT2D eigenvalue weighted by molar-refractivity contribution is -0.128. The molecule has 1 aliphatic carbocycles. The largest absolute Gasteiger partial charge is 0.507 e. The van der Waals surface area contributed by atoms with Crippen LogP contribution in [0.5, 0.6) is 5.75 Å². The highest BCUT2D eigenvalue weighted by molar-refractivity contribution is 6.18. The molecule has 2 aromatic rings. The Labute approximate surface area is 166 Å². The number of esters is 1. The summed E-state index contributed by atoms with van der Waals surface area (Å²) >= 11 is 0. The summed E-state index contributed by atoms with van der Waals surface area (Å²) in [5.41, 5.74) is 2.48. The molecule has 0 bridgehead atoms. The van der Waals surface area contributed by atoms with Crippen molar-refractivity contribution in [1.29, 1.82) is 0 Å². The second kappa shape index (κ2) is 8.34. The first-order valence-electron chi connectivity index (χ1n) is 9.61. The number of para-hydroxylation sites is 1. The Balaban J connectivity index is 2.05. The summed E-state index contributed by atoms with van der Waals surface area (Å²) in [7, 11) is 0. The smallest absolute Gasteiger partial charge is 0.347 e. The van der Waals surface area contributed by atoms with E-state index in [4.69, 9.17) is 4.74 Å². The lowest BCUT2D eigenvalue weighted by Gasteiger charge is -2.24. The molecule has 146 valence electrons. The van der Waals surface area contributed by atoms with Crippen molar-refractivity contribution in [1.82, 2.24) is 5.32 Å². The normalized spacial score (nSPS) is 15.2. The first-order valence-corrected chi connectivity index (χ1v) is 9.61. The molecule has 0 saturated carbocycles.